The summed E-state index contributed by atoms with van der Waals surface area (Å²) in [6.07, 6.45) is 3.26. The molecule has 3 heteroatoms. The second-order valence-corrected chi connectivity index (χ2v) is 4.87. The fraction of sp³-hybridized carbons (Fsp3) is 0.533. The summed E-state index contributed by atoms with van der Waals surface area (Å²) in [4.78, 5) is 2.40. The van der Waals surface area contributed by atoms with Gasteiger partial charge in [0.25, 0.3) is 0 Å². The van der Waals surface area contributed by atoms with E-state index in [-0.39, 0.29) is 5.92 Å². The topological polar surface area (TPSA) is 36.3 Å². The summed E-state index contributed by atoms with van der Waals surface area (Å²) < 4.78 is 5.15. The zero-order valence-electron chi connectivity index (χ0n) is 10.9. The van der Waals surface area contributed by atoms with E-state index in [4.69, 9.17) is 10.00 Å². The number of ether oxygens (including phenoxy) is 1. The van der Waals surface area contributed by atoms with Gasteiger partial charge in [0.1, 0.15) is 5.75 Å². The molecule has 96 valence electrons. The molecule has 0 aromatic heterocycles. The minimum absolute atomic E-state index is 0.231. The van der Waals surface area contributed by atoms with Crippen LogP contribution in [0.15, 0.2) is 24.3 Å². The zero-order valence-corrected chi connectivity index (χ0v) is 10.9. The van der Waals surface area contributed by atoms with Crippen LogP contribution < -0.4 is 4.74 Å². The monoisotopic (exact) mass is 244 g/mol. The molecule has 0 spiro atoms. The number of rotatable bonds is 4. The van der Waals surface area contributed by atoms with Gasteiger partial charge in [-0.2, -0.15) is 5.26 Å². The first kappa shape index (κ1) is 12.9. The van der Waals surface area contributed by atoms with Gasteiger partial charge in [0.05, 0.1) is 19.1 Å². The zero-order chi connectivity index (χ0) is 12.8. The lowest BCUT2D eigenvalue weighted by Crippen LogP contribution is -2.36. The van der Waals surface area contributed by atoms with Gasteiger partial charge in [-0.3, -0.25) is 0 Å². The summed E-state index contributed by atoms with van der Waals surface area (Å²) in [7, 11) is 1.69. The Labute approximate surface area is 109 Å². The molecule has 0 aliphatic carbocycles. The van der Waals surface area contributed by atoms with E-state index in [1.165, 1.54) is 5.56 Å². The average molecular weight is 244 g/mol. The molecule has 1 heterocycles. The van der Waals surface area contributed by atoms with Gasteiger partial charge in [0, 0.05) is 13.1 Å². The molecule has 1 aliphatic rings. The van der Waals surface area contributed by atoms with Crippen molar-refractivity contribution in [2.75, 3.05) is 26.7 Å². The van der Waals surface area contributed by atoms with Crippen molar-refractivity contribution < 1.29 is 4.74 Å². The highest BCUT2D eigenvalue weighted by atomic mass is 16.5. The van der Waals surface area contributed by atoms with Crippen LogP contribution in [0.2, 0.25) is 0 Å². The fourth-order valence-corrected chi connectivity index (χ4v) is 2.44. The van der Waals surface area contributed by atoms with Crippen molar-refractivity contribution in [3.05, 3.63) is 29.8 Å². The van der Waals surface area contributed by atoms with Crippen LogP contribution in [0, 0.1) is 17.2 Å². The first-order chi connectivity index (χ1) is 8.81. The highest BCUT2D eigenvalue weighted by molar-refractivity contribution is 5.27. The molecule has 1 saturated heterocycles. The van der Waals surface area contributed by atoms with Crippen molar-refractivity contribution in [3.8, 4) is 11.8 Å². The van der Waals surface area contributed by atoms with Crippen molar-refractivity contribution in [2.45, 2.75) is 19.3 Å². The molecule has 0 saturated carbocycles. The Morgan fingerprint density at radius 3 is 2.83 bits per heavy atom. The molecule has 18 heavy (non-hydrogen) atoms. The normalized spacial score (nSPS) is 20.3. The molecule has 0 N–H and O–H groups in total. The highest BCUT2D eigenvalue weighted by Gasteiger charge is 2.18. The number of hydrogen-bond donors (Lipinski definition) is 0. The lowest BCUT2D eigenvalue weighted by atomic mass is 9.99. The summed E-state index contributed by atoms with van der Waals surface area (Å²) in [5, 5.41) is 8.96. The summed E-state index contributed by atoms with van der Waals surface area (Å²) in [6, 6.07) is 10.6. The van der Waals surface area contributed by atoms with Crippen LogP contribution in [-0.2, 0) is 6.42 Å². The molecule has 1 aromatic rings. The Balaban J connectivity index is 1.81. The second-order valence-electron chi connectivity index (χ2n) is 4.87. The van der Waals surface area contributed by atoms with Gasteiger partial charge >= 0.3 is 0 Å². The van der Waals surface area contributed by atoms with E-state index >= 15 is 0 Å². The van der Waals surface area contributed by atoms with Crippen molar-refractivity contribution in [3.63, 3.8) is 0 Å². The summed E-state index contributed by atoms with van der Waals surface area (Å²) in [5.41, 5.74) is 1.33. The average Bonchev–Trinajstić information content (AvgIpc) is 2.46. The SMILES string of the molecule is COc1ccc(CCN2CCCC(C#N)C2)cc1. The van der Waals surface area contributed by atoms with E-state index in [0.717, 1.165) is 44.6 Å². The summed E-state index contributed by atoms with van der Waals surface area (Å²) >= 11 is 0. The van der Waals surface area contributed by atoms with E-state index in [1.807, 2.05) is 12.1 Å². The quantitative estimate of drug-likeness (QED) is 0.816. The van der Waals surface area contributed by atoms with Crippen LogP contribution in [-0.4, -0.2) is 31.6 Å². The van der Waals surface area contributed by atoms with Crippen molar-refractivity contribution >= 4 is 0 Å². The van der Waals surface area contributed by atoms with Crippen LogP contribution in [0.25, 0.3) is 0 Å². The van der Waals surface area contributed by atoms with E-state index in [9.17, 15) is 0 Å². The van der Waals surface area contributed by atoms with Gasteiger partial charge in [-0.25, -0.2) is 0 Å². The number of nitriles is 1. The van der Waals surface area contributed by atoms with Gasteiger partial charge in [-0.05, 0) is 43.5 Å². The van der Waals surface area contributed by atoms with Crippen LogP contribution >= 0.6 is 0 Å². The third-order valence-electron chi connectivity index (χ3n) is 3.56. The summed E-state index contributed by atoms with van der Waals surface area (Å²) in [5.74, 6) is 1.14. The second kappa shape index (κ2) is 6.42. The molecule has 0 bridgehead atoms. The maximum absolute atomic E-state index is 8.96. The van der Waals surface area contributed by atoms with E-state index in [0.29, 0.717) is 0 Å². The number of benzene rings is 1. The smallest absolute Gasteiger partial charge is 0.118 e. The predicted octanol–water partition coefficient (Wildman–Crippen LogP) is 2.47. The molecular formula is C15H20N2O. The van der Waals surface area contributed by atoms with Crippen molar-refractivity contribution in [1.82, 2.24) is 4.90 Å². The van der Waals surface area contributed by atoms with Gasteiger partial charge in [0.15, 0.2) is 0 Å². The third-order valence-corrected chi connectivity index (χ3v) is 3.56. The van der Waals surface area contributed by atoms with Crippen LogP contribution in [0.3, 0.4) is 0 Å². The molecule has 0 radical (unpaired) electrons. The van der Waals surface area contributed by atoms with Gasteiger partial charge in [-0.15, -0.1) is 0 Å². The fourth-order valence-electron chi connectivity index (χ4n) is 2.44. The maximum Gasteiger partial charge on any atom is 0.118 e. The maximum atomic E-state index is 8.96. The Morgan fingerprint density at radius 2 is 2.17 bits per heavy atom. The van der Waals surface area contributed by atoms with Crippen molar-refractivity contribution in [1.29, 1.82) is 5.26 Å². The standard InChI is InChI=1S/C15H20N2O/c1-18-15-6-4-13(5-7-15)8-10-17-9-2-3-14(11-16)12-17/h4-7,14H,2-3,8-10,12H2,1H3. The molecule has 2 rings (SSSR count). The largest absolute Gasteiger partial charge is 0.497 e. The summed E-state index contributed by atoms with van der Waals surface area (Å²) in [6.45, 7) is 3.12. The first-order valence-corrected chi connectivity index (χ1v) is 6.56. The van der Waals surface area contributed by atoms with Gasteiger partial charge < -0.3 is 9.64 Å². The molecule has 0 amide bonds. The van der Waals surface area contributed by atoms with E-state index in [1.54, 1.807) is 7.11 Å². The highest BCUT2D eigenvalue weighted by Crippen LogP contribution is 2.17. The molecule has 1 fully saturated rings. The Kier molecular flexibility index (Phi) is 4.60. The van der Waals surface area contributed by atoms with Crippen LogP contribution in [0.1, 0.15) is 18.4 Å². The van der Waals surface area contributed by atoms with E-state index < -0.39 is 0 Å². The Hall–Kier alpha value is -1.53. The van der Waals surface area contributed by atoms with Gasteiger partial charge in [0.2, 0.25) is 0 Å². The first-order valence-electron chi connectivity index (χ1n) is 6.56. The number of methoxy groups -OCH3 is 1. The number of piperidine rings is 1. The molecular weight excluding hydrogens is 224 g/mol. The molecule has 3 nitrogen and oxygen atoms in total. The van der Waals surface area contributed by atoms with Crippen molar-refractivity contribution in [2.24, 2.45) is 5.92 Å². The molecule has 1 aromatic carbocycles. The number of hydrogen-bond acceptors (Lipinski definition) is 3. The van der Waals surface area contributed by atoms with Gasteiger partial charge in [-0.1, -0.05) is 12.1 Å². The molecule has 1 atom stereocenters. The number of nitrogens with zero attached hydrogens (tertiary/aromatic N) is 2. The van der Waals surface area contributed by atoms with Crippen LogP contribution in [0.4, 0.5) is 0 Å². The van der Waals surface area contributed by atoms with E-state index in [2.05, 4.69) is 23.1 Å². The molecule has 1 aliphatic heterocycles. The Bertz CT molecular complexity index is 407. The minimum atomic E-state index is 0.231. The van der Waals surface area contributed by atoms with Crippen LogP contribution in [0.5, 0.6) is 5.75 Å². The lowest BCUT2D eigenvalue weighted by molar-refractivity contribution is 0.202. The molecule has 1 unspecified atom stereocenters. The third kappa shape index (κ3) is 3.48. The number of likely N-dealkylation sites (tertiary alicyclic amines) is 1. The predicted molar refractivity (Wildman–Crippen MR) is 71.5 cm³/mol. The minimum Gasteiger partial charge on any atom is -0.497 e. The Morgan fingerprint density at radius 1 is 1.39 bits per heavy atom. The lowest BCUT2D eigenvalue weighted by Gasteiger charge is -2.29.